The molecule has 1 aliphatic heterocycles. The van der Waals surface area contributed by atoms with E-state index in [2.05, 4.69) is 4.74 Å². The lowest BCUT2D eigenvalue weighted by Crippen LogP contribution is -2.42. The van der Waals surface area contributed by atoms with Gasteiger partial charge in [0.25, 0.3) is 0 Å². The van der Waals surface area contributed by atoms with Crippen molar-refractivity contribution in [3.05, 3.63) is 29.8 Å². The summed E-state index contributed by atoms with van der Waals surface area (Å²) in [6.45, 7) is 2.47. The molecule has 2 N–H and O–H groups in total. The summed E-state index contributed by atoms with van der Waals surface area (Å²) in [6.07, 6.45) is -1.65. The first-order valence-corrected chi connectivity index (χ1v) is 9.34. The Morgan fingerprint density at radius 1 is 1.21 bits per heavy atom. The van der Waals surface area contributed by atoms with Crippen LogP contribution in [0.5, 0.6) is 5.75 Å². The van der Waals surface area contributed by atoms with E-state index in [0.29, 0.717) is 38.2 Å². The molecule has 1 aromatic rings. The number of nitrogens with two attached hydrogens (primary N) is 1. The Balaban J connectivity index is 0.00000280. The highest BCUT2D eigenvalue weighted by atomic mass is 35.5. The van der Waals surface area contributed by atoms with Gasteiger partial charge in [-0.1, -0.05) is 18.2 Å². The van der Waals surface area contributed by atoms with Gasteiger partial charge in [-0.3, -0.25) is 4.79 Å². The standard InChI is InChI=1S/C19H25F3N2O3.ClH/c20-19(21,22)27-17-5-2-1-4-14(17)15-12-16(15)18(25)24-9-6-13(7-10-24)26-11-3-8-23;/h1-2,4-5,13,15-16H,3,6-12,23H2;1H. The third-order valence-electron chi connectivity index (χ3n) is 5.11. The summed E-state index contributed by atoms with van der Waals surface area (Å²) < 4.78 is 47.6. The molecule has 2 atom stereocenters. The van der Waals surface area contributed by atoms with Crippen LogP contribution in [0.1, 0.15) is 37.2 Å². The largest absolute Gasteiger partial charge is 0.573 e. The Labute approximate surface area is 168 Å². The lowest BCUT2D eigenvalue weighted by Gasteiger charge is -2.32. The van der Waals surface area contributed by atoms with E-state index in [9.17, 15) is 18.0 Å². The van der Waals surface area contributed by atoms with Crippen molar-refractivity contribution < 1.29 is 27.4 Å². The van der Waals surface area contributed by atoms with Gasteiger partial charge in [0.2, 0.25) is 5.91 Å². The number of alkyl halides is 3. The molecule has 28 heavy (non-hydrogen) atoms. The van der Waals surface area contributed by atoms with E-state index in [1.165, 1.54) is 12.1 Å². The van der Waals surface area contributed by atoms with Gasteiger partial charge in [-0.15, -0.1) is 25.6 Å². The lowest BCUT2D eigenvalue weighted by molar-refractivity contribution is -0.274. The summed E-state index contributed by atoms with van der Waals surface area (Å²) in [4.78, 5) is 14.5. The highest BCUT2D eigenvalue weighted by Crippen LogP contribution is 2.51. The molecule has 0 radical (unpaired) electrons. The molecular weight excluding hydrogens is 397 g/mol. The zero-order valence-corrected chi connectivity index (χ0v) is 16.3. The Kier molecular flexibility index (Phi) is 7.97. The smallest absolute Gasteiger partial charge is 0.405 e. The van der Waals surface area contributed by atoms with Gasteiger partial charge in [0, 0.05) is 25.6 Å². The zero-order chi connectivity index (χ0) is 19.4. The van der Waals surface area contributed by atoms with E-state index in [1.54, 1.807) is 17.0 Å². The SMILES string of the molecule is Cl.NCCCOC1CCN(C(=O)C2CC2c2ccccc2OC(F)(F)F)CC1. The number of ether oxygens (including phenoxy) is 2. The van der Waals surface area contributed by atoms with Crippen molar-refractivity contribution in [2.45, 2.75) is 44.1 Å². The minimum absolute atomic E-state index is 0. The minimum atomic E-state index is -4.74. The number of benzene rings is 1. The highest BCUT2D eigenvalue weighted by molar-refractivity contribution is 5.85. The Morgan fingerprint density at radius 3 is 2.54 bits per heavy atom. The number of amides is 1. The van der Waals surface area contributed by atoms with Crippen LogP contribution in [0.3, 0.4) is 0 Å². The molecule has 0 aromatic heterocycles. The quantitative estimate of drug-likeness (QED) is 0.683. The lowest BCUT2D eigenvalue weighted by atomic mass is 10.0. The second kappa shape index (κ2) is 9.80. The summed E-state index contributed by atoms with van der Waals surface area (Å²) in [5.74, 6) is -0.674. The molecule has 1 aliphatic carbocycles. The van der Waals surface area contributed by atoms with Crippen molar-refractivity contribution in [2.24, 2.45) is 11.7 Å². The first-order valence-electron chi connectivity index (χ1n) is 9.34. The van der Waals surface area contributed by atoms with E-state index < -0.39 is 6.36 Å². The van der Waals surface area contributed by atoms with Gasteiger partial charge in [0.15, 0.2) is 0 Å². The summed E-state index contributed by atoms with van der Waals surface area (Å²) in [6, 6.07) is 6.07. The van der Waals surface area contributed by atoms with Crippen LogP contribution < -0.4 is 10.5 Å². The number of piperidine rings is 1. The van der Waals surface area contributed by atoms with Crippen LogP contribution in [0.4, 0.5) is 13.2 Å². The molecule has 1 aromatic carbocycles. The molecule has 0 spiro atoms. The van der Waals surface area contributed by atoms with Gasteiger partial charge in [-0.05, 0) is 49.8 Å². The fourth-order valence-electron chi connectivity index (χ4n) is 3.63. The maximum absolute atomic E-state index is 12.7. The number of halogens is 4. The van der Waals surface area contributed by atoms with Crippen LogP contribution >= 0.6 is 12.4 Å². The fourth-order valence-corrected chi connectivity index (χ4v) is 3.63. The summed E-state index contributed by atoms with van der Waals surface area (Å²) >= 11 is 0. The normalized spacial score (nSPS) is 22.5. The molecule has 9 heteroatoms. The molecule has 2 unspecified atom stereocenters. The minimum Gasteiger partial charge on any atom is -0.405 e. The monoisotopic (exact) mass is 422 g/mol. The Morgan fingerprint density at radius 2 is 1.89 bits per heavy atom. The van der Waals surface area contributed by atoms with Crippen molar-refractivity contribution in [2.75, 3.05) is 26.2 Å². The third kappa shape index (κ3) is 5.99. The number of hydrogen-bond acceptors (Lipinski definition) is 4. The third-order valence-corrected chi connectivity index (χ3v) is 5.11. The van der Waals surface area contributed by atoms with E-state index in [0.717, 1.165) is 19.3 Å². The van der Waals surface area contributed by atoms with Crippen LogP contribution in [-0.4, -0.2) is 49.5 Å². The number of nitrogens with zero attached hydrogens (tertiary/aromatic N) is 1. The van der Waals surface area contributed by atoms with Crippen LogP contribution in [0.15, 0.2) is 24.3 Å². The fraction of sp³-hybridized carbons (Fsp3) is 0.632. The van der Waals surface area contributed by atoms with Crippen LogP contribution in [-0.2, 0) is 9.53 Å². The number of hydrogen-bond donors (Lipinski definition) is 1. The van der Waals surface area contributed by atoms with Crippen molar-refractivity contribution in [1.82, 2.24) is 4.90 Å². The highest BCUT2D eigenvalue weighted by Gasteiger charge is 2.48. The van der Waals surface area contributed by atoms with Crippen molar-refractivity contribution in [3.63, 3.8) is 0 Å². The summed E-state index contributed by atoms with van der Waals surface area (Å²) in [7, 11) is 0. The molecule has 1 saturated carbocycles. The van der Waals surface area contributed by atoms with Gasteiger partial charge in [0.05, 0.1) is 6.10 Å². The predicted octanol–water partition coefficient (Wildman–Crippen LogP) is 3.47. The molecule has 3 rings (SSSR count). The second-order valence-electron chi connectivity index (χ2n) is 7.07. The molecule has 5 nitrogen and oxygen atoms in total. The van der Waals surface area contributed by atoms with Gasteiger partial charge >= 0.3 is 6.36 Å². The van der Waals surface area contributed by atoms with Crippen LogP contribution in [0.25, 0.3) is 0 Å². The molecule has 1 saturated heterocycles. The van der Waals surface area contributed by atoms with Crippen LogP contribution in [0, 0.1) is 5.92 Å². The maximum atomic E-state index is 12.7. The first kappa shape index (κ1) is 22.8. The second-order valence-corrected chi connectivity index (χ2v) is 7.07. The first-order chi connectivity index (χ1) is 12.9. The number of carbonyl (C=O) groups excluding carboxylic acids is 1. The number of rotatable bonds is 7. The molecule has 1 amide bonds. The summed E-state index contributed by atoms with van der Waals surface area (Å²) in [5.41, 5.74) is 5.90. The Bertz CT molecular complexity index is 652. The number of para-hydroxylation sites is 1. The summed E-state index contributed by atoms with van der Waals surface area (Å²) in [5, 5.41) is 0. The molecule has 1 heterocycles. The van der Waals surface area contributed by atoms with E-state index in [-0.39, 0.29) is 42.0 Å². The molecule has 0 bridgehead atoms. The number of likely N-dealkylation sites (tertiary alicyclic amines) is 1. The van der Waals surface area contributed by atoms with E-state index in [1.807, 2.05) is 0 Å². The van der Waals surface area contributed by atoms with Crippen LogP contribution in [0.2, 0.25) is 0 Å². The molecule has 2 fully saturated rings. The molecular formula is C19H26ClF3N2O3. The average molecular weight is 423 g/mol. The van der Waals surface area contributed by atoms with Crippen molar-refractivity contribution >= 4 is 18.3 Å². The van der Waals surface area contributed by atoms with Gasteiger partial charge < -0.3 is 20.1 Å². The van der Waals surface area contributed by atoms with Gasteiger partial charge in [-0.2, -0.15) is 0 Å². The maximum Gasteiger partial charge on any atom is 0.573 e. The zero-order valence-electron chi connectivity index (χ0n) is 15.5. The average Bonchev–Trinajstić information content (AvgIpc) is 3.42. The van der Waals surface area contributed by atoms with Gasteiger partial charge in [0.1, 0.15) is 5.75 Å². The van der Waals surface area contributed by atoms with E-state index in [4.69, 9.17) is 10.5 Å². The topological polar surface area (TPSA) is 64.8 Å². The van der Waals surface area contributed by atoms with Crippen molar-refractivity contribution in [1.29, 1.82) is 0 Å². The Hall–Kier alpha value is -1.51. The predicted molar refractivity (Wildman–Crippen MR) is 100 cm³/mol. The van der Waals surface area contributed by atoms with Crippen molar-refractivity contribution in [3.8, 4) is 5.75 Å². The molecule has 158 valence electrons. The number of carbonyl (C=O) groups is 1. The molecule has 2 aliphatic rings. The van der Waals surface area contributed by atoms with Gasteiger partial charge in [-0.25, -0.2) is 0 Å². The van der Waals surface area contributed by atoms with E-state index >= 15 is 0 Å².